The van der Waals surface area contributed by atoms with Crippen LogP contribution in [0.25, 0.3) is 16.7 Å². The number of carbonyl (C=O) groups excluding carboxylic acids is 1. The number of rotatable bonds is 4. The average Bonchev–Trinajstić information content (AvgIpc) is 3.29. The molecule has 1 aliphatic heterocycles. The van der Waals surface area contributed by atoms with Crippen LogP contribution in [-0.2, 0) is 4.79 Å². The van der Waals surface area contributed by atoms with Gasteiger partial charge in [-0.25, -0.2) is 9.37 Å². The maximum absolute atomic E-state index is 15.3. The van der Waals surface area contributed by atoms with Gasteiger partial charge in [0.2, 0.25) is 11.7 Å². The fourth-order valence-corrected chi connectivity index (χ4v) is 4.51. The van der Waals surface area contributed by atoms with Crippen LogP contribution < -0.4 is 10.2 Å². The normalized spacial score (nSPS) is 15.1. The third-order valence-corrected chi connectivity index (χ3v) is 6.53. The van der Waals surface area contributed by atoms with E-state index < -0.39 is 5.82 Å². The minimum atomic E-state index is -0.400. The Kier molecular flexibility index (Phi) is 5.28. The maximum atomic E-state index is 15.3. The topological polar surface area (TPSA) is 89.6 Å². The van der Waals surface area contributed by atoms with Gasteiger partial charge >= 0.3 is 0 Å². The molecule has 0 spiro atoms. The quantitative estimate of drug-likeness (QED) is 0.503. The van der Waals surface area contributed by atoms with Gasteiger partial charge in [-0.05, 0) is 37.1 Å². The fraction of sp³-hybridized carbons (Fsp3) is 0.280. The summed E-state index contributed by atoms with van der Waals surface area (Å²) in [4.78, 5) is 24.7. The molecule has 8 nitrogen and oxygen atoms in total. The van der Waals surface area contributed by atoms with Crippen molar-refractivity contribution in [1.82, 2.24) is 19.3 Å². The largest absolute Gasteiger partial charge is 0.363 e. The monoisotopic (exact) mass is 457 g/mol. The van der Waals surface area contributed by atoms with Crippen molar-refractivity contribution in [3.63, 3.8) is 0 Å². The zero-order chi connectivity index (χ0) is 24.0. The van der Waals surface area contributed by atoms with E-state index in [0.29, 0.717) is 46.8 Å². The third kappa shape index (κ3) is 3.57. The molecule has 1 aliphatic rings. The smallest absolute Gasteiger partial charge is 0.241 e. The molecule has 3 heterocycles. The Balaban J connectivity index is 1.62. The average molecular weight is 458 g/mol. The molecule has 0 unspecified atom stereocenters. The van der Waals surface area contributed by atoms with Crippen molar-refractivity contribution < 1.29 is 9.18 Å². The number of nitrogens with one attached hydrogen (secondary N) is 1. The Morgan fingerprint density at radius 3 is 2.85 bits per heavy atom. The Morgan fingerprint density at radius 2 is 2.09 bits per heavy atom. The number of imidazole rings is 1. The van der Waals surface area contributed by atoms with E-state index in [9.17, 15) is 10.1 Å². The number of carbonyl (C=O) groups is 1. The predicted octanol–water partition coefficient (Wildman–Crippen LogP) is 3.65. The van der Waals surface area contributed by atoms with E-state index in [-0.39, 0.29) is 18.5 Å². The van der Waals surface area contributed by atoms with Crippen LogP contribution in [0.4, 0.5) is 15.9 Å². The van der Waals surface area contributed by atoms with Crippen LogP contribution in [0.2, 0.25) is 0 Å². The molecular formula is C25H24FN7O. The molecule has 2 aromatic carbocycles. The highest BCUT2D eigenvalue weighted by molar-refractivity contribution is 5.94. The number of nitrogens with zero attached hydrogens (tertiary/aromatic N) is 6. The van der Waals surface area contributed by atoms with E-state index in [1.54, 1.807) is 45.8 Å². The number of piperazine rings is 1. The zero-order valence-corrected chi connectivity index (χ0v) is 19.2. The lowest BCUT2D eigenvalue weighted by Gasteiger charge is -2.33. The highest BCUT2D eigenvalue weighted by Crippen LogP contribution is 2.33. The van der Waals surface area contributed by atoms with Crippen molar-refractivity contribution in [2.75, 3.05) is 36.9 Å². The van der Waals surface area contributed by atoms with Crippen molar-refractivity contribution in [3.05, 3.63) is 65.2 Å². The van der Waals surface area contributed by atoms with Gasteiger partial charge in [-0.2, -0.15) is 10.2 Å². The van der Waals surface area contributed by atoms with E-state index in [1.165, 1.54) is 6.07 Å². The van der Waals surface area contributed by atoms with Crippen LogP contribution in [0.1, 0.15) is 29.7 Å². The van der Waals surface area contributed by atoms with Crippen LogP contribution in [0, 0.1) is 24.1 Å². The first kappa shape index (κ1) is 21.6. The van der Waals surface area contributed by atoms with Crippen LogP contribution in [0.5, 0.6) is 0 Å². The third-order valence-electron chi connectivity index (χ3n) is 6.53. The fourth-order valence-electron chi connectivity index (χ4n) is 4.51. The van der Waals surface area contributed by atoms with Crippen molar-refractivity contribution in [2.24, 2.45) is 0 Å². The molecule has 9 heteroatoms. The van der Waals surface area contributed by atoms with Gasteiger partial charge in [-0.1, -0.05) is 12.1 Å². The first-order chi connectivity index (χ1) is 16.4. The highest BCUT2D eigenvalue weighted by Gasteiger charge is 2.25. The summed E-state index contributed by atoms with van der Waals surface area (Å²) in [6, 6.07) is 10.9. The highest BCUT2D eigenvalue weighted by atomic mass is 19.1. The molecule has 0 saturated carbocycles. The molecular weight excluding hydrogens is 433 g/mol. The number of likely N-dealkylation sites (N-methyl/N-ethyl adjacent to an activating group) is 1. The van der Waals surface area contributed by atoms with Crippen molar-refractivity contribution in [1.29, 1.82) is 5.26 Å². The lowest BCUT2D eigenvalue weighted by atomic mass is 9.98. The standard InChI is InChI=1S/C25H24FN7O/c1-15-17(13-27)5-4-6-18(15)16(2)29-24-19-11-22(32-10-9-31(3)23(34)14-32)20(26)12-21(19)33-8-7-28-25(33)30-24/h4-8,11-12,16H,9-10,14H2,1-3H3,(H,28,29,30)/t16-/m1/s1. The molecule has 0 radical (unpaired) electrons. The molecule has 34 heavy (non-hydrogen) atoms. The number of fused-ring (bicyclic) bond motifs is 3. The Morgan fingerprint density at radius 1 is 1.26 bits per heavy atom. The van der Waals surface area contributed by atoms with Gasteiger partial charge in [0.25, 0.3) is 0 Å². The van der Waals surface area contributed by atoms with Crippen molar-refractivity contribution in [3.8, 4) is 6.07 Å². The summed E-state index contributed by atoms with van der Waals surface area (Å²) in [6.07, 6.45) is 3.37. The summed E-state index contributed by atoms with van der Waals surface area (Å²) in [7, 11) is 1.75. The van der Waals surface area contributed by atoms with Gasteiger partial charge in [-0.15, -0.1) is 0 Å². The Hall–Kier alpha value is -4.19. The van der Waals surface area contributed by atoms with Gasteiger partial charge in [0.05, 0.1) is 35.4 Å². The van der Waals surface area contributed by atoms with Crippen LogP contribution in [0.3, 0.4) is 0 Å². The number of hydrogen-bond acceptors (Lipinski definition) is 6. The zero-order valence-electron chi connectivity index (χ0n) is 19.2. The second-order valence-electron chi connectivity index (χ2n) is 8.61. The molecule has 1 fully saturated rings. The molecule has 0 bridgehead atoms. The molecule has 0 aliphatic carbocycles. The second-order valence-corrected chi connectivity index (χ2v) is 8.61. The molecule has 5 rings (SSSR count). The molecule has 1 atom stereocenters. The number of hydrogen-bond donors (Lipinski definition) is 1. The van der Waals surface area contributed by atoms with Gasteiger partial charge in [0.1, 0.15) is 11.6 Å². The molecule has 172 valence electrons. The molecule has 1 N–H and O–H groups in total. The van der Waals surface area contributed by atoms with Gasteiger partial charge in [0, 0.05) is 44.0 Å². The first-order valence-electron chi connectivity index (χ1n) is 11.1. The Labute approximate surface area is 196 Å². The predicted molar refractivity (Wildman–Crippen MR) is 128 cm³/mol. The van der Waals surface area contributed by atoms with E-state index in [0.717, 1.165) is 11.1 Å². The SMILES string of the molecule is Cc1c(C#N)cccc1[C@@H](C)Nc1nc2nccn2c2cc(F)c(N3CCN(C)C(=O)C3)cc12. The summed E-state index contributed by atoms with van der Waals surface area (Å²) < 4.78 is 17.0. The summed E-state index contributed by atoms with van der Waals surface area (Å²) in [6.45, 7) is 5.12. The molecule has 1 saturated heterocycles. The van der Waals surface area contributed by atoms with E-state index in [4.69, 9.17) is 4.98 Å². The van der Waals surface area contributed by atoms with E-state index in [2.05, 4.69) is 16.4 Å². The number of nitriles is 1. The van der Waals surface area contributed by atoms with Crippen LogP contribution >= 0.6 is 0 Å². The summed E-state index contributed by atoms with van der Waals surface area (Å²) in [5.41, 5.74) is 3.50. The first-order valence-corrected chi connectivity index (χ1v) is 11.1. The molecule has 2 aromatic heterocycles. The van der Waals surface area contributed by atoms with E-state index in [1.807, 2.05) is 26.0 Å². The summed E-state index contributed by atoms with van der Waals surface area (Å²) in [5, 5.41) is 13.6. The van der Waals surface area contributed by atoms with Crippen LogP contribution in [0.15, 0.2) is 42.7 Å². The summed E-state index contributed by atoms with van der Waals surface area (Å²) in [5.74, 6) is 0.563. The number of amides is 1. The van der Waals surface area contributed by atoms with Crippen molar-refractivity contribution in [2.45, 2.75) is 19.9 Å². The Bertz CT molecular complexity index is 1470. The number of aromatic nitrogens is 3. The summed E-state index contributed by atoms with van der Waals surface area (Å²) >= 11 is 0. The van der Waals surface area contributed by atoms with Gasteiger partial charge in [0.15, 0.2) is 0 Å². The van der Waals surface area contributed by atoms with Crippen molar-refractivity contribution >= 4 is 34.1 Å². The van der Waals surface area contributed by atoms with E-state index >= 15 is 4.39 Å². The van der Waals surface area contributed by atoms with Crippen LogP contribution in [-0.4, -0.2) is 51.9 Å². The number of anilines is 2. The lowest BCUT2D eigenvalue weighted by Crippen LogP contribution is -2.48. The minimum Gasteiger partial charge on any atom is -0.363 e. The second kappa shape index (κ2) is 8.30. The van der Waals surface area contributed by atoms with Gasteiger partial charge < -0.3 is 15.1 Å². The minimum absolute atomic E-state index is 0.0474. The maximum Gasteiger partial charge on any atom is 0.241 e. The number of benzene rings is 2. The molecule has 1 amide bonds. The number of halogens is 1. The lowest BCUT2D eigenvalue weighted by molar-refractivity contribution is -0.129. The molecule has 4 aromatic rings. The van der Waals surface area contributed by atoms with Gasteiger partial charge in [-0.3, -0.25) is 9.20 Å².